The van der Waals surface area contributed by atoms with Crippen LogP contribution in [0.4, 0.5) is 0 Å². The number of benzene rings is 1. The predicted octanol–water partition coefficient (Wildman–Crippen LogP) is 1.89. The Kier molecular flexibility index (Phi) is 4.45. The molecule has 0 saturated carbocycles. The van der Waals surface area contributed by atoms with Crippen LogP contribution in [0.5, 0.6) is 0 Å². The first-order chi connectivity index (χ1) is 9.36. The van der Waals surface area contributed by atoms with E-state index >= 15 is 0 Å². The van der Waals surface area contributed by atoms with Crippen molar-refractivity contribution in [1.29, 1.82) is 5.41 Å². The molecule has 1 aromatic rings. The van der Waals surface area contributed by atoms with E-state index < -0.39 is 0 Å². The maximum Gasteiger partial charge on any atom is 0.122 e. The highest BCUT2D eigenvalue weighted by molar-refractivity contribution is 5.95. The van der Waals surface area contributed by atoms with Crippen molar-refractivity contribution in [3.05, 3.63) is 35.4 Å². The summed E-state index contributed by atoms with van der Waals surface area (Å²) >= 11 is 0. The van der Waals surface area contributed by atoms with E-state index in [-0.39, 0.29) is 11.4 Å². The monoisotopic (exact) mass is 274 g/mol. The molecule has 0 atom stereocenters. The van der Waals surface area contributed by atoms with Gasteiger partial charge in [0, 0.05) is 43.8 Å². The number of nitrogens with one attached hydrogen (secondary N) is 1. The summed E-state index contributed by atoms with van der Waals surface area (Å²) in [5.74, 6) is 0.143. The normalized spacial score (nSPS) is 18.1. The molecule has 20 heavy (non-hydrogen) atoms. The van der Waals surface area contributed by atoms with Crippen molar-refractivity contribution in [3.8, 4) is 0 Å². The average molecular weight is 274 g/mol. The number of nitrogen functional groups attached to an aromatic ring is 1. The van der Waals surface area contributed by atoms with Crippen LogP contribution in [0.15, 0.2) is 24.3 Å². The van der Waals surface area contributed by atoms with Crippen molar-refractivity contribution in [3.63, 3.8) is 0 Å². The molecule has 0 radical (unpaired) electrons. The molecule has 0 amide bonds. The summed E-state index contributed by atoms with van der Waals surface area (Å²) in [6.07, 6.45) is 0. The van der Waals surface area contributed by atoms with Gasteiger partial charge in [-0.1, -0.05) is 18.2 Å². The summed E-state index contributed by atoms with van der Waals surface area (Å²) in [7, 11) is 0. The van der Waals surface area contributed by atoms with E-state index in [0.717, 1.165) is 38.3 Å². The lowest BCUT2D eigenvalue weighted by Gasteiger charge is -2.42. The molecule has 2 rings (SSSR count). The zero-order valence-corrected chi connectivity index (χ0v) is 12.8. The largest absolute Gasteiger partial charge is 0.384 e. The molecule has 110 valence electrons. The summed E-state index contributed by atoms with van der Waals surface area (Å²) in [5, 5.41) is 7.50. The second-order valence-electron chi connectivity index (χ2n) is 6.55. The van der Waals surface area contributed by atoms with E-state index in [1.165, 1.54) is 5.56 Å². The van der Waals surface area contributed by atoms with Gasteiger partial charge in [0.25, 0.3) is 0 Å². The topological polar surface area (TPSA) is 56.4 Å². The van der Waals surface area contributed by atoms with Gasteiger partial charge in [-0.3, -0.25) is 15.2 Å². The number of rotatable bonds is 3. The molecule has 0 spiro atoms. The van der Waals surface area contributed by atoms with Gasteiger partial charge in [0.15, 0.2) is 0 Å². The standard InChI is InChI=1S/C16H26N4/c1-16(2,3)20-9-7-19(8-10-20)12-13-5-4-6-14(11-13)15(17)18/h4-6,11H,7-10,12H2,1-3H3,(H3,17,18). The van der Waals surface area contributed by atoms with Crippen molar-refractivity contribution in [1.82, 2.24) is 9.80 Å². The molecule has 1 aromatic carbocycles. The minimum atomic E-state index is 0.143. The van der Waals surface area contributed by atoms with Crippen LogP contribution in [0.2, 0.25) is 0 Å². The van der Waals surface area contributed by atoms with Crippen molar-refractivity contribution in [2.75, 3.05) is 26.2 Å². The fourth-order valence-electron chi connectivity index (χ4n) is 2.67. The molecular weight excluding hydrogens is 248 g/mol. The SMILES string of the molecule is CC(C)(C)N1CCN(Cc2cccc(C(=N)N)c2)CC1. The van der Waals surface area contributed by atoms with E-state index in [1.54, 1.807) is 0 Å². The maximum atomic E-state index is 7.50. The summed E-state index contributed by atoms with van der Waals surface area (Å²) in [6.45, 7) is 12.2. The molecule has 1 aliphatic rings. The first kappa shape index (κ1) is 15.0. The predicted molar refractivity (Wildman–Crippen MR) is 84.1 cm³/mol. The van der Waals surface area contributed by atoms with Crippen molar-refractivity contribution in [2.45, 2.75) is 32.9 Å². The van der Waals surface area contributed by atoms with E-state index in [4.69, 9.17) is 11.1 Å². The molecule has 4 nitrogen and oxygen atoms in total. The number of nitrogens with zero attached hydrogens (tertiary/aromatic N) is 2. The van der Waals surface area contributed by atoms with Crippen molar-refractivity contribution in [2.24, 2.45) is 5.73 Å². The minimum absolute atomic E-state index is 0.143. The number of amidine groups is 1. The second-order valence-corrected chi connectivity index (χ2v) is 6.55. The Labute approximate surface area is 122 Å². The molecular formula is C16H26N4. The molecule has 4 heteroatoms. The Morgan fingerprint density at radius 3 is 2.40 bits per heavy atom. The number of hydrogen-bond acceptors (Lipinski definition) is 3. The van der Waals surface area contributed by atoms with E-state index in [9.17, 15) is 0 Å². The molecule has 0 aromatic heterocycles. The zero-order chi connectivity index (χ0) is 14.8. The summed E-state index contributed by atoms with van der Waals surface area (Å²) < 4.78 is 0. The lowest BCUT2D eigenvalue weighted by molar-refractivity contribution is 0.0591. The third kappa shape index (κ3) is 3.81. The van der Waals surface area contributed by atoms with Crippen LogP contribution in [-0.4, -0.2) is 47.4 Å². The Balaban J connectivity index is 1.93. The lowest BCUT2D eigenvalue weighted by Crippen LogP contribution is -2.53. The molecule has 1 heterocycles. The van der Waals surface area contributed by atoms with Crippen LogP contribution in [0.3, 0.4) is 0 Å². The summed E-state index contributed by atoms with van der Waals surface area (Å²) in [6, 6.07) is 8.02. The summed E-state index contributed by atoms with van der Waals surface area (Å²) in [5.41, 5.74) is 7.86. The van der Waals surface area contributed by atoms with Gasteiger partial charge in [0.1, 0.15) is 5.84 Å². The second kappa shape index (κ2) is 5.94. The molecule has 1 saturated heterocycles. The Hall–Kier alpha value is -1.39. The highest BCUT2D eigenvalue weighted by Gasteiger charge is 2.25. The van der Waals surface area contributed by atoms with Crippen LogP contribution < -0.4 is 5.73 Å². The highest BCUT2D eigenvalue weighted by atomic mass is 15.3. The van der Waals surface area contributed by atoms with E-state index in [0.29, 0.717) is 0 Å². The van der Waals surface area contributed by atoms with Gasteiger partial charge >= 0.3 is 0 Å². The zero-order valence-electron chi connectivity index (χ0n) is 12.8. The van der Waals surface area contributed by atoms with Gasteiger partial charge in [-0.25, -0.2) is 0 Å². The summed E-state index contributed by atoms with van der Waals surface area (Å²) in [4.78, 5) is 5.01. The fourth-order valence-corrected chi connectivity index (χ4v) is 2.67. The van der Waals surface area contributed by atoms with Gasteiger partial charge in [-0.2, -0.15) is 0 Å². The van der Waals surface area contributed by atoms with Crippen molar-refractivity contribution >= 4 is 5.84 Å². The van der Waals surface area contributed by atoms with Gasteiger partial charge in [0.2, 0.25) is 0 Å². The van der Waals surface area contributed by atoms with Crippen LogP contribution >= 0.6 is 0 Å². The van der Waals surface area contributed by atoms with Crippen LogP contribution in [0.1, 0.15) is 31.9 Å². The fraction of sp³-hybridized carbons (Fsp3) is 0.562. The van der Waals surface area contributed by atoms with Gasteiger partial charge in [-0.05, 0) is 32.4 Å². The van der Waals surface area contributed by atoms with Crippen LogP contribution in [0, 0.1) is 5.41 Å². The molecule has 3 N–H and O–H groups in total. The maximum absolute atomic E-state index is 7.50. The molecule has 0 aliphatic carbocycles. The molecule has 1 aliphatic heterocycles. The first-order valence-electron chi connectivity index (χ1n) is 7.27. The van der Waals surface area contributed by atoms with Crippen LogP contribution in [0.25, 0.3) is 0 Å². The quantitative estimate of drug-likeness (QED) is 0.654. The minimum Gasteiger partial charge on any atom is -0.384 e. The molecule has 0 bridgehead atoms. The van der Waals surface area contributed by atoms with E-state index in [1.807, 2.05) is 18.2 Å². The third-order valence-electron chi connectivity index (χ3n) is 3.97. The Morgan fingerprint density at radius 1 is 1.20 bits per heavy atom. The highest BCUT2D eigenvalue weighted by Crippen LogP contribution is 2.17. The van der Waals surface area contributed by atoms with Gasteiger partial charge in [0.05, 0.1) is 0 Å². The smallest absolute Gasteiger partial charge is 0.122 e. The lowest BCUT2D eigenvalue weighted by atomic mass is 10.0. The Bertz CT molecular complexity index is 468. The third-order valence-corrected chi connectivity index (χ3v) is 3.97. The van der Waals surface area contributed by atoms with Gasteiger partial charge in [-0.15, -0.1) is 0 Å². The molecule has 0 unspecified atom stereocenters. The number of piperazine rings is 1. The number of nitrogens with two attached hydrogens (primary N) is 1. The number of hydrogen-bond donors (Lipinski definition) is 2. The van der Waals surface area contributed by atoms with E-state index in [2.05, 4.69) is 36.6 Å². The van der Waals surface area contributed by atoms with Gasteiger partial charge < -0.3 is 5.73 Å². The Morgan fingerprint density at radius 2 is 1.85 bits per heavy atom. The average Bonchev–Trinajstić information content (AvgIpc) is 2.38. The molecule has 1 fully saturated rings. The first-order valence-corrected chi connectivity index (χ1v) is 7.27. The van der Waals surface area contributed by atoms with Crippen molar-refractivity contribution < 1.29 is 0 Å². The van der Waals surface area contributed by atoms with Crippen LogP contribution in [-0.2, 0) is 6.54 Å².